The molecular formula is C36H28N2O5. The van der Waals surface area contributed by atoms with Crippen LogP contribution in [0.3, 0.4) is 0 Å². The lowest BCUT2D eigenvalue weighted by Crippen LogP contribution is -2.31. The van der Waals surface area contributed by atoms with E-state index < -0.39 is 16.9 Å². The molecule has 0 radical (unpaired) electrons. The summed E-state index contributed by atoms with van der Waals surface area (Å²) in [4.78, 5) is 23.5. The Bertz CT molecular complexity index is 1900. The number of para-hydroxylation sites is 1. The number of aliphatic carboxylic acids is 1. The van der Waals surface area contributed by atoms with E-state index in [9.17, 15) is 20.0 Å². The maximum absolute atomic E-state index is 12.0. The molecule has 0 saturated heterocycles. The zero-order valence-electron chi connectivity index (χ0n) is 23.1. The van der Waals surface area contributed by atoms with Gasteiger partial charge in [0.1, 0.15) is 23.1 Å². The first kappa shape index (κ1) is 27.5. The van der Waals surface area contributed by atoms with Crippen LogP contribution in [0.1, 0.15) is 16.9 Å². The topological polar surface area (TPSA) is 106 Å². The van der Waals surface area contributed by atoms with Crippen LogP contribution in [0.25, 0.3) is 33.2 Å². The molecule has 43 heavy (non-hydrogen) atoms. The smallest absolute Gasteiger partial charge is 0.326 e. The Balaban J connectivity index is 1.30. The maximum Gasteiger partial charge on any atom is 0.326 e. The van der Waals surface area contributed by atoms with Crippen LogP contribution in [-0.4, -0.2) is 22.0 Å². The van der Waals surface area contributed by atoms with E-state index in [1.807, 2.05) is 97.1 Å². The maximum atomic E-state index is 12.0. The second-order valence-corrected chi connectivity index (χ2v) is 10.4. The largest absolute Gasteiger partial charge is 0.480 e. The third-order valence-electron chi connectivity index (χ3n) is 7.49. The molecule has 0 spiro atoms. The number of nitro groups is 1. The predicted molar refractivity (Wildman–Crippen MR) is 168 cm³/mol. The molecular weight excluding hydrogens is 540 g/mol. The number of nitrogens with one attached hydrogen (secondary N) is 1. The van der Waals surface area contributed by atoms with Gasteiger partial charge in [0.05, 0.1) is 4.92 Å². The van der Waals surface area contributed by atoms with Gasteiger partial charge in [-0.1, -0.05) is 109 Å². The Morgan fingerprint density at radius 1 is 0.767 bits per heavy atom. The molecule has 6 rings (SSSR count). The van der Waals surface area contributed by atoms with Crippen LogP contribution in [0, 0.1) is 10.1 Å². The van der Waals surface area contributed by atoms with E-state index in [4.69, 9.17) is 4.42 Å². The molecule has 0 saturated carbocycles. The first-order valence-electron chi connectivity index (χ1n) is 13.9. The van der Waals surface area contributed by atoms with Gasteiger partial charge < -0.3 is 14.8 Å². The van der Waals surface area contributed by atoms with Gasteiger partial charge in [0.15, 0.2) is 0 Å². The second kappa shape index (κ2) is 12.0. The molecule has 1 heterocycles. The Kier molecular flexibility index (Phi) is 7.70. The minimum Gasteiger partial charge on any atom is -0.480 e. The van der Waals surface area contributed by atoms with Crippen molar-refractivity contribution < 1.29 is 19.2 Å². The van der Waals surface area contributed by atoms with Crippen molar-refractivity contribution in [1.29, 1.82) is 0 Å². The highest BCUT2D eigenvalue weighted by Gasteiger charge is 2.23. The van der Waals surface area contributed by atoms with Crippen molar-refractivity contribution in [3.63, 3.8) is 0 Å². The number of nitrogens with zero attached hydrogens (tertiary/aromatic N) is 1. The minimum absolute atomic E-state index is 0.157. The number of nitro benzene ring substituents is 1. The Morgan fingerprint density at radius 3 is 2.05 bits per heavy atom. The number of furan rings is 1. The summed E-state index contributed by atoms with van der Waals surface area (Å²) in [5.74, 6) is -0.217. The van der Waals surface area contributed by atoms with Crippen LogP contribution in [-0.2, 0) is 17.6 Å². The molecule has 6 aromatic rings. The van der Waals surface area contributed by atoms with Crippen LogP contribution in [0.5, 0.6) is 0 Å². The van der Waals surface area contributed by atoms with E-state index in [2.05, 4.69) is 17.4 Å². The molecule has 7 heteroatoms. The van der Waals surface area contributed by atoms with Gasteiger partial charge in [0, 0.05) is 29.9 Å². The van der Waals surface area contributed by atoms with Gasteiger partial charge in [-0.3, -0.25) is 10.1 Å². The fraction of sp³-hybridized carbons (Fsp3) is 0.0833. The van der Waals surface area contributed by atoms with Gasteiger partial charge in [-0.2, -0.15) is 0 Å². The summed E-state index contributed by atoms with van der Waals surface area (Å²) in [7, 11) is 0. The number of hydrogen-bond acceptors (Lipinski definition) is 5. The Morgan fingerprint density at radius 2 is 1.37 bits per heavy atom. The average Bonchev–Trinajstić information content (AvgIpc) is 3.39. The first-order chi connectivity index (χ1) is 21.0. The fourth-order valence-electron chi connectivity index (χ4n) is 5.37. The van der Waals surface area contributed by atoms with E-state index in [1.165, 1.54) is 6.07 Å². The molecule has 0 bridgehead atoms. The normalized spacial score (nSPS) is 11.7. The zero-order valence-corrected chi connectivity index (χ0v) is 23.1. The third kappa shape index (κ3) is 6.01. The summed E-state index contributed by atoms with van der Waals surface area (Å²) in [6.07, 6.45) is 0.834. The van der Waals surface area contributed by atoms with Gasteiger partial charge >= 0.3 is 5.97 Å². The molecule has 0 aliphatic rings. The third-order valence-corrected chi connectivity index (χ3v) is 7.49. The molecule has 0 fully saturated rings. The highest BCUT2D eigenvalue weighted by atomic mass is 16.6. The highest BCUT2D eigenvalue weighted by molar-refractivity contribution is 5.96. The van der Waals surface area contributed by atoms with Gasteiger partial charge in [-0.05, 0) is 39.9 Å². The van der Waals surface area contributed by atoms with Crippen molar-refractivity contribution in [3.05, 3.63) is 154 Å². The van der Waals surface area contributed by atoms with Crippen LogP contribution in [0.15, 0.2) is 132 Å². The number of fused-ring (bicyclic) bond motifs is 1. The zero-order chi connectivity index (χ0) is 29.8. The van der Waals surface area contributed by atoms with E-state index in [-0.39, 0.29) is 17.8 Å². The quantitative estimate of drug-likeness (QED) is 0.127. The predicted octanol–water partition coefficient (Wildman–Crippen LogP) is 8.37. The second-order valence-electron chi connectivity index (χ2n) is 10.4. The summed E-state index contributed by atoms with van der Waals surface area (Å²) in [6.45, 7) is 0. The van der Waals surface area contributed by atoms with Gasteiger partial charge in [-0.15, -0.1) is 0 Å². The van der Waals surface area contributed by atoms with Gasteiger partial charge in [0.2, 0.25) is 0 Å². The molecule has 0 unspecified atom stereocenters. The molecule has 1 atom stereocenters. The summed E-state index contributed by atoms with van der Waals surface area (Å²) in [6, 6.07) is 39.0. The fourth-order valence-corrected chi connectivity index (χ4v) is 5.37. The van der Waals surface area contributed by atoms with Crippen molar-refractivity contribution >= 4 is 28.3 Å². The standard InChI is InChI=1S/C36H28N2O5/c39-36(40)31(21-24-9-3-1-4-10-24)37-30-20-19-28(23-32(30)38(41)42)26-15-17-27(18-16-26)35-29-13-7-8-14-33(29)43-34(35)22-25-11-5-2-6-12-25/h1-20,23,31,37H,21-22H2,(H,39,40)/t31-/m0/s1. The average molecular weight is 569 g/mol. The van der Waals surface area contributed by atoms with Crippen molar-refractivity contribution in [2.45, 2.75) is 18.9 Å². The lowest BCUT2D eigenvalue weighted by molar-refractivity contribution is -0.383. The molecule has 212 valence electrons. The number of carboxylic acids is 1. The summed E-state index contributed by atoms with van der Waals surface area (Å²) in [5.41, 5.74) is 6.21. The van der Waals surface area contributed by atoms with Crippen LogP contribution in [0.2, 0.25) is 0 Å². The van der Waals surface area contributed by atoms with Crippen LogP contribution in [0.4, 0.5) is 11.4 Å². The van der Waals surface area contributed by atoms with E-state index in [1.54, 1.807) is 12.1 Å². The summed E-state index contributed by atoms with van der Waals surface area (Å²) >= 11 is 0. The van der Waals surface area contributed by atoms with E-state index in [0.29, 0.717) is 12.0 Å². The highest BCUT2D eigenvalue weighted by Crippen LogP contribution is 2.38. The van der Waals surface area contributed by atoms with E-state index >= 15 is 0 Å². The minimum atomic E-state index is -1.09. The van der Waals surface area contributed by atoms with Crippen LogP contribution < -0.4 is 5.32 Å². The molecule has 0 amide bonds. The van der Waals surface area contributed by atoms with Gasteiger partial charge in [-0.25, -0.2) is 4.79 Å². The molecule has 0 aliphatic carbocycles. The van der Waals surface area contributed by atoms with Crippen molar-refractivity contribution in [2.75, 3.05) is 5.32 Å². The monoisotopic (exact) mass is 568 g/mol. The molecule has 0 aliphatic heterocycles. The van der Waals surface area contributed by atoms with Crippen LogP contribution >= 0.6 is 0 Å². The SMILES string of the molecule is O=C(O)[C@H](Cc1ccccc1)Nc1ccc(-c2ccc(-c3c(Cc4ccccc4)oc4ccccc34)cc2)cc1[N+](=O)[O-]. The lowest BCUT2D eigenvalue weighted by atomic mass is 9.96. The van der Waals surface area contributed by atoms with Gasteiger partial charge in [0.25, 0.3) is 5.69 Å². The Labute approximate surface area is 248 Å². The number of benzene rings is 5. The summed E-state index contributed by atoms with van der Waals surface area (Å²) < 4.78 is 6.29. The number of rotatable bonds is 10. The number of anilines is 1. The molecule has 7 nitrogen and oxygen atoms in total. The van der Waals surface area contributed by atoms with Crippen molar-refractivity contribution in [1.82, 2.24) is 0 Å². The molecule has 1 aromatic heterocycles. The van der Waals surface area contributed by atoms with E-state index in [0.717, 1.165) is 44.5 Å². The lowest BCUT2D eigenvalue weighted by Gasteiger charge is -2.16. The number of hydrogen-bond donors (Lipinski definition) is 2. The Hall–Kier alpha value is -5.69. The molecule has 2 N–H and O–H groups in total. The van der Waals surface area contributed by atoms with Crippen molar-refractivity contribution in [3.8, 4) is 22.3 Å². The number of carbonyl (C=O) groups is 1. The first-order valence-corrected chi connectivity index (χ1v) is 13.9. The summed E-state index contributed by atoms with van der Waals surface area (Å²) in [5, 5.41) is 25.7. The number of carboxylic acid groups (broad SMARTS) is 1. The molecule has 5 aromatic carbocycles. The van der Waals surface area contributed by atoms with Crippen molar-refractivity contribution in [2.24, 2.45) is 0 Å².